The maximum Gasteiger partial charge on any atom is 0.306 e. The van der Waals surface area contributed by atoms with Crippen LogP contribution in [0.15, 0.2) is 18.2 Å². The van der Waals surface area contributed by atoms with Crippen LogP contribution in [-0.2, 0) is 23.9 Å². The van der Waals surface area contributed by atoms with Crippen LogP contribution in [-0.4, -0.2) is 48.9 Å². The molecule has 1 aromatic carbocycles. The number of carbonyl (C=O) groups is 4. The number of benzene rings is 1. The molecular weight excluding hydrogens is 488 g/mol. The highest BCUT2D eigenvalue weighted by Gasteiger charge is 2.36. The monoisotopic (exact) mass is 532 g/mol. The summed E-state index contributed by atoms with van der Waals surface area (Å²) in [5, 5.41) is 0. The van der Waals surface area contributed by atoms with Gasteiger partial charge >= 0.3 is 5.97 Å². The van der Waals surface area contributed by atoms with Gasteiger partial charge in [0.15, 0.2) is 35.0 Å². The fraction of sp³-hybridized carbons (Fsp3) is 0.667. The number of Topliss-reactive ketones (excluding diaryl/α,β-unsaturated/α-hetero) is 3. The van der Waals surface area contributed by atoms with Crippen molar-refractivity contribution in [1.29, 1.82) is 0 Å². The third-order valence-electron chi connectivity index (χ3n) is 6.19. The number of ether oxygens (including phenoxy) is 4. The minimum absolute atomic E-state index is 0.0216. The van der Waals surface area contributed by atoms with Crippen molar-refractivity contribution >= 4 is 23.3 Å². The second-order valence-electron chi connectivity index (χ2n) is 12.9. The Morgan fingerprint density at radius 3 is 1.82 bits per heavy atom. The first-order valence-electron chi connectivity index (χ1n) is 13.3. The van der Waals surface area contributed by atoms with Crippen LogP contribution < -0.4 is 9.47 Å². The van der Waals surface area contributed by atoms with Crippen LogP contribution in [0, 0.1) is 16.2 Å². The molecule has 38 heavy (non-hydrogen) atoms. The van der Waals surface area contributed by atoms with Crippen molar-refractivity contribution in [2.24, 2.45) is 16.2 Å². The van der Waals surface area contributed by atoms with E-state index in [1.54, 1.807) is 18.2 Å². The Balaban J connectivity index is 0.000000203. The molecule has 0 saturated carbocycles. The Morgan fingerprint density at radius 2 is 1.34 bits per heavy atom. The Morgan fingerprint density at radius 1 is 0.763 bits per heavy atom. The fourth-order valence-corrected chi connectivity index (χ4v) is 3.93. The number of fused-ring (bicyclic) bond motifs is 1. The molecule has 3 aliphatic rings. The van der Waals surface area contributed by atoms with E-state index in [0.29, 0.717) is 29.9 Å². The number of ketones is 3. The van der Waals surface area contributed by atoms with Crippen molar-refractivity contribution < 1.29 is 38.1 Å². The van der Waals surface area contributed by atoms with E-state index in [1.165, 1.54) is 0 Å². The Hall–Kier alpha value is -2.74. The van der Waals surface area contributed by atoms with Crippen LogP contribution in [0.1, 0.15) is 98.4 Å². The number of carbonyl (C=O) groups excluding carboxylic acids is 4. The Labute approximate surface area is 226 Å². The number of cyclic esters (lactones) is 1. The predicted octanol–water partition coefficient (Wildman–Crippen LogP) is 5.73. The van der Waals surface area contributed by atoms with Crippen molar-refractivity contribution in [3.8, 4) is 11.5 Å². The lowest BCUT2D eigenvalue weighted by Crippen LogP contribution is -2.32. The molecule has 0 amide bonds. The molecule has 0 spiro atoms. The van der Waals surface area contributed by atoms with Gasteiger partial charge in [-0.1, -0.05) is 62.3 Å². The van der Waals surface area contributed by atoms with Crippen molar-refractivity contribution in [3.05, 3.63) is 23.8 Å². The maximum atomic E-state index is 12.0. The molecule has 4 rings (SSSR count). The first kappa shape index (κ1) is 31.5. The molecule has 2 atom stereocenters. The molecule has 1 aromatic rings. The molecule has 0 N–H and O–H groups in total. The SMILES string of the molecule is CC(C)(C)C(=O)[C@H]1CCC(=O)O1.CC(C)(C)C(=O)[C@H]1CCCO1.CC(C)(C)C(=O)c1ccc2c(c1)OCO2. The van der Waals surface area contributed by atoms with Crippen molar-refractivity contribution in [3.63, 3.8) is 0 Å². The first-order valence-corrected chi connectivity index (χ1v) is 13.3. The van der Waals surface area contributed by atoms with Crippen LogP contribution in [0.25, 0.3) is 0 Å². The average molecular weight is 533 g/mol. The van der Waals surface area contributed by atoms with Crippen LogP contribution in [0.2, 0.25) is 0 Å². The number of rotatable bonds is 3. The lowest BCUT2D eigenvalue weighted by Gasteiger charge is -2.20. The summed E-state index contributed by atoms with van der Waals surface area (Å²) in [6, 6.07) is 5.30. The third-order valence-corrected chi connectivity index (χ3v) is 6.19. The summed E-state index contributed by atoms with van der Waals surface area (Å²) in [6.45, 7) is 18.0. The molecule has 8 heteroatoms. The highest BCUT2D eigenvalue weighted by atomic mass is 16.7. The van der Waals surface area contributed by atoms with Gasteiger partial charge in [-0.25, -0.2) is 0 Å². The summed E-state index contributed by atoms with van der Waals surface area (Å²) in [6.07, 6.45) is 2.27. The smallest absolute Gasteiger partial charge is 0.306 e. The van der Waals surface area contributed by atoms with Gasteiger partial charge in [0.25, 0.3) is 0 Å². The molecule has 0 aliphatic carbocycles. The van der Waals surface area contributed by atoms with Gasteiger partial charge in [-0.2, -0.15) is 0 Å². The van der Waals surface area contributed by atoms with Gasteiger partial charge in [0, 0.05) is 41.3 Å². The van der Waals surface area contributed by atoms with Gasteiger partial charge in [0.1, 0.15) is 6.10 Å². The zero-order chi connectivity index (χ0) is 28.9. The summed E-state index contributed by atoms with van der Waals surface area (Å²) in [5.41, 5.74) is -0.343. The van der Waals surface area contributed by atoms with Gasteiger partial charge < -0.3 is 18.9 Å². The molecule has 0 aromatic heterocycles. The average Bonchev–Trinajstić information content (AvgIpc) is 3.57. The topological polar surface area (TPSA) is 105 Å². The highest BCUT2D eigenvalue weighted by Crippen LogP contribution is 2.34. The summed E-state index contributed by atoms with van der Waals surface area (Å²) in [4.78, 5) is 45.8. The van der Waals surface area contributed by atoms with Crippen molar-refractivity contribution in [2.75, 3.05) is 13.4 Å². The minimum Gasteiger partial charge on any atom is -0.454 e. The Kier molecular flexibility index (Phi) is 10.3. The van der Waals surface area contributed by atoms with Crippen LogP contribution >= 0.6 is 0 Å². The molecule has 2 saturated heterocycles. The fourth-order valence-electron chi connectivity index (χ4n) is 3.93. The predicted molar refractivity (Wildman–Crippen MR) is 143 cm³/mol. The molecule has 212 valence electrons. The normalized spacial score (nSPS) is 20.5. The van der Waals surface area contributed by atoms with Gasteiger partial charge in [-0.05, 0) is 31.0 Å². The molecule has 0 bridgehead atoms. The van der Waals surface area contributed by atoms with E-state index in [-0.39, 0.29) is 47.0 Å². The van der Waals surface area contributed by atoms with E-state index in [4.69, 9.17) is 18.9 Å². The van der Waals surface area contributed by atoms with Crippen LogP contribution in [0.4, 0.5) is 0 Å². The molecular formula is C30H44O8. The largest absolute Gasteiger partial charge is 0.454 e. The third kappa shape index (κ3) is 8.93. The van der Waals surface area contributed by atoms with Crippen LogP contribution in [0.5, 0.6) is 11.5 Å². The molecule has 0 radical (unpaired) electrons. The standard InChI is InChI=1S/C12H14O3.C9H14O3.C9H16O2/c1-12(2,3)11(13)8-4-5-9-10(6-8)15-7-14-9;1-9(2,3)8(11)6-4-5-7(10)12-6;1-9(2,3)8(10)7-5-4-6-11-7/h4-6H,7H2,1-3H3;6H,4-5H2,1-3H3;7H,4-6H2,1-3H3/t;6-;7-/m.11/s1. The number of esters is 1. The summed E-state index contributed by atoms with van der Waals surface area (Å²) < 4.78 is 20.6. The first-order chi connectivity index (χ1) is 17.4. The lowest BCUT2D eigenvalue weighted by atomic mass is 9.86. The van der Waals surface area contributed by atoms with Gasteiger partial charge in [-0.15, -0.1) is 0 Å². The molecule has 0 unspecified atom stereocenters. The van der Waals surface area contributed by atoms with E-state index < -0.39 is 11.5 Å². The summed E-state index contributed by atoms with van der Waals surface area (Å²) in [7, 11) is 0. The quantitative estimate of drug-likeness (QED) is 0.359. The second kappa shape index (κ2) is 12.4. The zero-order valence-electron chi connectivity index (χ0n) is 24.4. The molecule has 2 fully saturated rings. The molecule has 8 nitrogen and oxygen atoms in total. The molecule has 3 heterocycles. The summed E-state index contributed by atoms with van der Waals surface area (Å²) >= 11 is 0. The van der Waals surface area contributed by atoms with Gasteiger partial charge in [0.2, 0.25) is 6.79 Å². The van der Waals surface area contributed by atoms with Crippen molar-refractivity contribution in [1.82, 2.24) is 0 Å². The van der Waals surface area contributed by atoms with Crippen molar-refractivity contribution in [2.45, 2.75) is 100 Å². The maximum absolute atomic E-state index is 12.0. The van der Waals surface area contributed by atoms with Gasteiger partial charge in [-0.3, -0.25) is 19.2 Å². The van der Waals surface area contributed by atoms with Crippen LogP contribution in [0.3, 0.4) is 0 Å². The summed E-state index contributed by atoms with van der Waals surface area (Å²) in [5.74, 6) is 1.49. The van der Waals surface area contributed by atoms with E-state index >= 15 is 0 Å². The van der Waals surface area contributed by atoms with E-state index in [0.717, 1.165) is 19.4 Å². The number of hydrogen-bond donors (Lipinski definition) is 0. The lowest BCUT2D eigenvalue weighted by molar-refractivity contribution is -0.150. The van der Waals surface area contributed by atoms with E-state index in [2.05, 4.69) is 0 Å². The van der Waals surface area contributed by atoms with E-state index in [1.807, 2.05) is 62.3 Å². The second-order valence-corrected chi connectivity index (χ2v) is 12.9. The Bertz CT molecular complexity index is 1010. The number of hydrogen-bond acceptors (Lipinski definition) is 8. The zero-order valence-corrected chi connectivity index (χ0v) is 24.4. The molecule has 3 aliphatic heterocycles. The van der Waals surface area contributed by atoms with Gasteiger partial charge in [0.05, 0.1) is 0 Å². The highest BCUT2D eigenvalue weighted by molar-refractivity contribution is 6.00. The van der Waals surface area contributed by atoms with E-state index in [9.17, 15) is 19.2 Å². The minimum atomic E-state index is -0.488.